The first kappa shape index (κ1) is 14.7. The van der Waals surface area contributed by atoms with Crippen molar-refractivity contribution in [2.75, 3.05) is 0 Å². The third-order valence-corrected chi connectivity index (χ3v) is 3.64. The SMILES string of the molecule is CCc1nccn1CC(C)NCc1cnc(C)c(C)c1. The van der Waals surface area contributed by atoms with E-state index in [-0.39, 0.29) is 0 Å². The Kier molecular flexibility index (Phi) is 4.90. The van der Waals surface area contributed by atoms with Crippen LogP contribution in [0.2, 0.25) is 0 Å². The van der Waals surface area contributed by atoms with Gasteiger partial charge in [0.2, 0.25) is 0 Å². The van der Waals surface area contributed by atoms with Crippen LogP contribution in [0.5, 0.6) is 0 Å². The first-order valence-electron chi connectivity index (χ1n) is 7.25. The smallest absolute Gasteiger partial charge is 0.108 e. The van der Waals surface area contributed by atoms with E-state index >= 15 is 0 Å². The molecule has 0 fully saturated rings. The zero-order valence-electron chi connectivity index (χ0n) is 12.8. The molecule has 0 bridgehead atoms. The summed E-state index contributed by atoms with van der Waals surface area (Å²) in [6, 6.07) is 2.60. The molecular formula is C16H24N4. The molecule has 0 aliphatic heterocycles. The van der Waals surface area contributed by atoms with Crippen LogP contribution in [0, 0.1) is 13.8 Å². The van der Waals surface area contributed by atoms with Crippen LogP contribution in [0.15, 0.2) is 24.7 Å². The molecule has 1 N–H and O–H groups in total. The van der Waals surface area contributed by atoms with Crippen molar-refractivity contribution < 1.29 is 0 Å². The first-order chi connectivity index (χ1) is 9.60. The maximum Gasteiger partial charge on any atom is 0.108 e. The van der Waals surface area contributed by atoms with Gasteiger partial charge in [-0.15, -0.1) is 0 Å². The number of hydrogen-bond donors (Lipinski definition) is 1. The highest BCUT2D eigenvalue weighted by atomic mass is 15.1. The van der Waals surface area contributed by atoms with Gasteiger partial charge in [-0.25, -0.2) is 4.98 Å². The van der Waals surface area contributed by atoms with E-state index in [0.717, 1.165) is 31.0 Å². The molecule has 2 rings (SSSR count). The number of aryl methyl sites for hydroxylation is 3. The van der Waals surface area contributed by atoms with Crippen molar-refractivity contribution in [3.63, 3.8) is 0 Å². The summed E-state index contributed by atoms with van der Waals surface area (Å²) in [5.41, 5.74) is 3.59. The minimum atomic E-state index is 0.399. The molecule has 2 heterocycles. The number of imidazole rings is 1. The average Bonchev–Trinajstić information content (AvgIpc) is 2.87. The van der Waals surface area contributed by atoms with Gasteiger partial charge in [-0.1, -0.05) is 13.0 Å². The summed E-state index contributed by atoms with van der Waals surface area (Å²) in [4.78, 5) is 8.76. The zero-order chi connectivity index (χ0) is 14.5. The highest BCUT2D eigenvalue weighted by Gasteiger charge is 2.06. The quantitative estimate of drug-likeness (QED) is 0.879. The zero-order valence-corrected chi connectivity index (χ0v) is 12.8. The van der Waals surface area contributed by atoms with Crippen molar-refractivity contribution in [1.29, 1.82) is 0 Å². The van der Waals surface area contributed by atoms with E-state index in [1.165, 1.54) is 11.1 Å². The van der Waals surface area contributed by atoms with E-state index in [0.29, 0.717) is 6.04 Å². The van der Waals surface area contributed by atoms with E-state index < -0.39 is 0 Å². The minimum absolute atomic E-state index is 0.399. The van der Waals surface area contributed by atoms with E-state index in [9.17, 15) is 0 Å². The van der Waals surface area contributed by atoms with Crippen molar-refractivity contribution in [3.05, 3.63) is 47.3 Å². The van der Waals surface area contributed by atoms with Gasteiger partial charge in [-0.3, -0.25) is 4.98 Å². The fraction of sp³-hybridized carbons (Fsp3) is 0.500. The van der Waals surface area contributed by atoms with Crippen molar-refractivity contribution >= 4 is 0 Å². The molecule has 0 saturated carbocycles. The molecule has 20 heavy (non-hydrogen) atoms. The highest BCUT2D eigenvalue weighted by molar-refractivity contribution is 5.22. The molecule has 1 unspecified atom stereocenters. The van der Waals surface area contributed by atoms with E-state index in [4.69, 9.17) is 0 Å². The minimum Gasteiger partial charge on any atom is -0.333 e. The van der Waals surface area contributed by atoms with Crippen LogP contribution in [-0.2, 0) is 19.5 Å². The van der Waals surface area contributed by atoms with Crippen LogP contribution < -0.4 is 5.32 Å². The van der Waals surface area contributed by atoms with Crippen LogP contribution in [-0.4, -0.2) is 20.6 Å². The van der Waals surface area contributed by atoms with Crippen molar-refractivity contribution in [2.45, 2.75) is 53.2 Å². The Morgan fingerprint density at radius 1 is 1.30 bits per heavy atom. The van der Waals surface area contributed by atoms with Crippen molar-refractivity contribution in [2.24, 2.45) is 0 Å². The Morgan fingerprint density at radius 2 is 2.10 bits per heavy atom. The number of nitrogens with one attached hydrogen (secondary N) is 1. The second-order valence-corrected chi connectivity index (χ2v) is 5.38. The highest BCUT2D eigenvalue weighted by Crippen LogP contribution is 2.07. The molecule has 0 amide bonds. The Balaban J connectivity index is 1.88. The Labute approximate surface area is 121 Å². The van der Waals surface area contributed by atoms with Gasteiger partial charge >= 0.3 is 0 Å². The number of nitrogens with zero attached hydrogens (tertiary/aromatic N) is 3. The number of aromatic nitrogens is 3. The molecule has 0 aromatic carbocycles. The van der Waals surface area contributed by atoms with Gasteiger partial charge in [0.05, 0.1) is 0 Å². The van der Waals surface area contributed by atoms with Gasteiger partial charge in [0, 0.05) is 49.8 Å². The monoisotopic (exact) mass is 272 g/mol. The topological polar surface area (TPSA) is 42.7 Å². The molecule has 2 aromatic rings. The molecule has 0 saturated heterocycles. The third kappa shape index (κ3) is 3.67. The van der Waals surface area contributed by atoms with Gasteiger partial charge in [0.1, 0.15) is 5.82 Å². The standard InChI is InChI=1S/C16H24N4/c1-5-16-17-6-7-20(16)11-13(3)18-9-15-8-12(2)14(4)19-10-15/h6-8,10,13,18H,5,9,11H2,1-4H3. The molecule has 0 radical (unpaired) electrons. The van der Waals surface area contributed by atoms with Crippen LogP contribution in [0.4, 0.5) is 0 Å². The van der Waals surface area contributed by atoms with Crippen LogP contribution in [0.1, 0.15) is 36.5 Å². The number of rotatable bonds is 6. The molecule has 0 aliphatic carbocycles. The molecule has 4 heteroatoms. The predicted molar refractivity (Wildman–Crippen MR) is 81.6 cm³/mol. The largest absolute Gasteiger partial charge is 0.333 e. The van der Waals surface area contributed by atoms with Crippen LogP contribution >= 0.6 is 0 Å². The predicted octanol–water partition coefficient (Wildman–Crippen LogP) is 2.64. The van der Waals surface area contributed by atoms with Gasteiger partial charge < -0.3 is 9.88 Å². The van der Waals surface area contributed by atoms with E-state index in [1.807, 2.05) is 19.3 Å². The third-order valence-electron chi connectivity index (χ3n) is 3.64. The summed E-state index contributed by atoms with van der Waals surface area (Å²) in [5, 5.41) is 3.55. The number of pyridine rings is 1. The lowest BCUT2D eigenvalue weighted by molar-refractivity contribution is 0.467. The van der Waals surface area contributed by atoms with Gasteiger partial charge in [0.15, 0.2) is 0 Å². The molecule has 108 valence electrons. The lowest BCUT2D eigenvalue weighted by Crippen LogP contribution is -2.30. The maximum atomic E-state index is 4.40. The van der Waals surface area contributed by atoms with Crippen molar-refractivity contribution in [3.8, 4) is 0 Å². The molecule has 0 aliphatic rings. The summed E-state index contributed by atoms with van der Waals surface area (Å²) in [6.45, 7) is 10.3. The second-order valence-electron chi connectivity index (χ2n) is 5.38. The summed E-state index contributed by atoms with van der Waals surface area (Å²) < 4.78 is 2.22. The van der Waals surface area contributed by atoms with Gasteiger partial charge in [-0.2, -0.15) is 0 Å². The summed E-state index contributed by atoms with van der Waals surface area (Å²) in [7, 11) is 0. The van der Waals surface area contributed by atoms with E-state index in [2.05, 4.69) is 52.9 Å². The molecule has 1 atom stereocenters. The second kappa shape index (κ2) is 6.66. The Bertz CT molecular complexity index is 559. The summed E-state index contributed by atoms with van der Waals surface area (Å²) >= 11 is 0. The molecule has 0 spiro atoms. The normalized spacial score (nSPS) is 12.6. The van der Waals surface area contributed by atoms with Crippen LogP contribution in [0.25, 0.3) is 0 Å². The van der Waals surface area contributed by atoms with Crippen LogP contribution in [0.3, 0.4) is 0 Å². The Morgan fingerprint density at radius 3 is 2.80 bits per heavy atom. The number of hydrogen-bond acceptors (Lipinski definition) is 3. The molecule has 4 nitrogen and oxygen atoms in total. The van der Waals surface area contributed by atoms with Gasteiger partial charge in [0.25, 0.3) is 0 Å². The maximum absolute atomic E-state index is 4.40. The lowest BCUT2D eigenvalue weighted by Gasteiger charge is -2.16. The molecule has 2 aromatic heterocycles. The summed E-state index contributed by atoms with van der Waals surface area (Å²) in [6.07, 6.45) is 6.85. The fourth-order valence-electron chi connectivity index (χ4n) is 2.27. The fourth-order valence-corrected chi connectivity index (χ4v) is 2.27. The average molecular weight is 272 g/mol. The lowest BCUT2D eigenvalue weighted by atomic mass is 10.1. The van der Waals surface area contributed by atoms with Gasteiger partial charge in [-0.05, 0) is 31.9 Å². The first-order valence-corrected chi connectivity index (χ1v) is 7.25. The van der Waals surface area contributed by atoms with E-state index in [1.54, 1.807) is 0 Å². The molecular weight excluding hydrogens is 248 g/mol. The summed E-state index contributed by atoms with van der Waals surface area (Å²) in [5.74, 6) is 1.14. The van der Waals surface area contributed by atoms with Crippen molar-refractivity contribution in [1.82, 2.24) is 19.9 Å². The Hall–Kier alpha value is -1.68.